The first-order valence-corrected chi connectivity index (χ1v) is 4.70. The normalized spacial score (nSPS) is 21.6. The maximum absolute atomic E-state index is 9.28. The lowest BCUT2D eigenvalue weighted by atomic mass is 9.97. The third-order valence-electron chi connectivity index (χ3n) is 2.17. The molecule has 0 rings (SSSR count). The van der Waals surface area contributed by atoms with E-state index in [1.807, 2.05) is 0 Å². The summed E-state index contributed by atoms with van der Waals surface area (Å²) in [6.45, 7) is -0.438. The molecule has 5 atom stereocenters. The van der Waals surface area contributed by atoms with Crippen molar-refractivity contribution in [2.24, 2.45) is 0 Å². The van der Waals surface area contributed by atoms with E-state index >= 15 is 0 Å². The molecule has 0 saturated heterocycles. The molecule has 0 aliphatic rings. The molecule has 16 heavy (non-hydrogen) atoms. The maximum Gasteiger partial charge on any atom is 0.180 e. The van der Waals surface area contributed by atoms with E-state index in [-0.39, 0.29) is 6.42 Å². The van der Waals surface area contributed by atoms with Crippen molar-refractivity contribution in [1.82, 2.24) is 0 Å². The Kier molecular flexibility index (Phi) is 6.95. The highest BCUT2D eigenvalue weighted by Crippen LogP contribution is 2.11. The van der Waals surface area contributed by atoms with Crippen LogP contribution in [0.25, 0.3) is 0 Å². The number of rotatable bonds is 7. The average Bonchev–Trinajstić information content (AvgIpc) is 2.25. The molecule has 0 heterocycles. The second-order valence-corrected chi connectivity index (χ2v) is 3.46. The van der Waals surface area contributed by atoms with E-state index < -0.39 is 43.4 Å². The van der Waals surface area contributed by atoms with Crippen LogP contribution in [-0.4, -0.2) is 84.3 Å². The lowest BCUT2D eigenvalue weighted by Gasteiger charge is -2.29. The summed E-state index contributed by atoms with van der Waals surface area (Å²) in [4.78, 5) is 0. The number of aliphatic hydroxyl groups is 8. The Hall–Kier alpha value is -0.320. The van der Waals surface area contributed by atoms with Gasteiger partial charge in [0, 0.05) is 6.61 Å². The van der Waals surface area contributed by atoms with Crippen molar-refractivity contribution in [3.05, 3.63) is 0 Å². The van der Waals surface area contributed by atoms with Gasteiger partial charge in [0.25, 0.3) is 0 Å². The summed E-state index contributed by atoms with van der Waals surface area (Å²) in [7, 11) is 0. The van der Waals surface area contributed by atoms with Gasteiger partial charge in [0.2, 0.25) is 0 Å². The van der Waals surface area contributed by atoms with Crippen molar-refractivity contribution in [1.29, 1.82) is 0 Å². The second-order valence-electron chi connectivity index (χ2n) is 3.46. The monoisotopic (exact) mass is 242 g/mol. The third kappa shape index (κ3) is 4.28. The van der Waals surface area contributed by atoms with Crippen LogP contribution in [-0.2, 0) is 0 Å². The Labute approximate surface area is 91.6 Å². The van der Waals surface area contributed by atoms with Gasteiger partial charge < -0.3 is 40.9 Å². The van der Waals surface area contributed by atoms with Crippen LogP contribution in [0.3, 0.4) is 0 Å². The molecule has 0 aromatic heterocycles. The first kappa shape index (κ1) is 15.7. The molecule has 98 valence electrons. The fourth-order valence-electron chi connectivity index (χ4n) is 1.11. The summed E-state index contributed by atoms with van der Waals surface area (Å²) in [6, 6.07) is 0. The topological polar surface area (TPSA) is 162 Å². The Balaban J connectivity index is 4.36. The van der Waals surface area contributed by atoms with Gasteiger partial charge in [-0.05, 0) is 6.42 Å². The van der Waals surface area contributed by atoms with Crippen LogP contribution < -0.4 is 0 Å². The summed E-state index contributed by atoms with van der Waals surface area (Å²) in [5.41, 5.74) is 0. The summed E-state index contributed by atoms with van der Waals surface area (Å²) < 4.78 is 0. The molecule has 8 nitrogen and oxygen atoms in total. The molecule has 5 unspecified atom stereocenters. The fourth-order valence-corrected chi connectivity index (χ4v) is 1.11. The van der Waals surface area contributed by atoms with Gasteiger partial charge in [0.15, 0.2) is 6.29 Å². The van der Waals surface area contributed by atoms with Gasteiger partial charge in [-0.2, -0.15) is 0 Å². The van der Waals surface area contributed by atoms with E-state index in [1.165, 1.54) is 0 Å². The van der Waals surface area contributed by atoms with Gasteiger partial charge in [-0.1, -0.05) is 0 Å². The highest BCUT2D eigenvalue weighted by molar-refractivity contribution is 4.85. The Morgan fingerprint density at radius 2 is 1.06 bits per heavy atom. The van der Waals surface area contributed by atoms with Gasteiger partial charge in [-0.25, -0.2) is 0 Å². The lowest BCUT2D eigenvalue weighted by molar-refractivity contribution is -0.196. The van der Waals surface area contributed by atoms with Crippen molar-refractivity contribution >= 4 is 0 Å². The van der Waals surface area contributed by atoms with E-state index in [1.54, 1.807) is 0 Å². The largest absolute Gasteiger partial charge is 0.396 e. The van der Waals surface area contributed by atoms with Crippen LogP contribution in [0.5, 0.6) is 0 Å². The number of aliphatic hydroxyl groups excluding tert-OH is 7. The standard InChI is InChI=1S/C8H18O8/c9-2-1-3(10)4(11)5(12)6(13)7(14)8(15)16/h3-16H,1-2H2. The van der Waals surface area contributed by atoms with E-state index in [4.69, 9.17) is 25.5 Å². The van der Waals surface area contributed by atoms with Gasteiger partial charge in [-0.15, -0.1) is 0 Å². The summed E-state index contributed by atoms with van der Waals surface area (Å²) in [5, 5.41) is 71.4. The average molecular weight is 242 g/mol. The van der Waals surface area contributed by atoms with Crippen molar-refractivity contribution in [2.45, 2.75) is 43.2 Å². The fraction of sp³-hybridized carbons (Fsp3) is 1.00. The molecule has 8 heteroatoms. The van der Waals surface area contributed by atoms with E-state index in [0.717, 1.165) is 0 Å². The molecule has 0 aromatic carbocycles. The summed E-state index contributed by atoms with van der Waals surface area (Å²) in [5.74, 6) is 0. The van der Waals surface area contributed by atoms with Gasteiger partial charge in [0.05, 0.1) is 6.10 Å². The highest BCUT2D eigenvalue weighted by atomic mass is 16.5. The van der Waals surface area contributed by atoms with Crippen molar-refractivity contribution in [3.8, 4) is 0 Å². The predicted molar refractivity (Wildman–Crippen MR) is 50.0 cm³/mol. The SMILES string of the molecule is OCCC(O)C(O)C(O)C(O)C(O)C(O)O. The minimum atomic E-state index is -2.29. The zero-order valence-electron chi connectivity index (χ0n) is 8.46. The van der Waals surface area contributed by atoms with Gasteiger partial charge in [-0.3, -0.25) is 0 Å². The van der Waals surface area contributed by atoms with E-state index in [9.17, 15) is 15.3 Å². The van der Waals surface area contributed by atoms with Crippen molar-refractivity contribution in [3.63, 3.8) is 0 Å². The van der Waals surface area contributed by atoms with E-state index in [0.29, 0.717) is 0 Å². The first-order chi connectivity index (χ1) is 7.32. The zero-order chi connectivity index (χ0) is 12.9. The molecule has 0 amide bonds. The summed E-state index contributed by atoms with van der Waals surface area (Å²) in [6.07, 6.45) is -11.9. The smallest absolute Gasteiger partial charge is 0.180 e. The van der Waals surface area contributed by atoms with Crippen LogP contribution in [0.4, 0.5) is 0 Å². The van der Waals surface area contributed by atoms with Crippen LogP contribution in [0.2, 0.25) is 0 Å². The molecular formula is C8H18O8. The minimum absolute atomic E-state index is 0.233. The molecule has 0 aliphatic heterocycles. The lowest BCUT2D eigenvalue weighted by Crippen LogP contribution is -2.52. The molecule has 0 aromatic rings. The Morgan fingerprint density at radius 1 is 0.625 bits per heavy atom. The second kappa shape index (κ2) is 7.09. The molecule has 0 aliphatic carbocycles. The molecule has 8 N–H and O–H groups in total. The Bertz CT molecular complexity index is 187. The van der Waals surface area contributed by atoms with Crippen molar-refractivity contribution in [2.75, 3.05) is 6.61 Å². The predicted octanol–water partition coefficient (Wildman–Crippen LogP) is -4.52. The molecule has 0 saturated carbocycles. The number of hydrogen-bond donors (Lipinski definition) is 8. The van der Waals surface area contributed by atoms with Gasteiger partial charge >= 0.3 is 0 Å². The maximum atomic E-state index is 9.28. The molecular weight excluding hydrogens is 224 g/mol. The number of hydrogen-bond acceptors (Lipinski definition) is 8. The van der Waals surface area contributed by atoms with Crippen LogP contribution in [0.15, 0.2) is 0 Å². The van der Waals surface area contributed by atoms with Crippen LogP contribution in [0.1, 0.15) is 6.42 Å². The Morgan fingerprint density at radius 3 is 1.44 bits per heavy atom. The van der Waals surface area contributed by atoms with Gasteiger partial charge in [0.1, 0.15) is 24.4 Å². The zero-order valence-corrected chi connectivity index (χ0v) is 8.46. The van der Waals surface area contributed by atoms with Crippen LogP contribution in [0, 0.1) is 0 Å². The summed E-state index contributed by atoms with van der Waals surface area (Å²) >= 11 is 0. The minimum Gasteiger partial charge on any atom is -0.396 e. The van der Waals surface area contributed by atoms with E-state index in [2.05, 4.69) is 0 Å². The highest BCUT2D eigenvalue weighted by Gasteiger charge is 2.36. The third-order valence-corrected chi connectivity index (χ3v) is 2.17. The molecule has 0 bridgehead atoms. The van der Waals surface area contributed by atoms with Crippen LogP contribution >= 0.6 is 0 Å². The van der Waals surface area contributed by atoms with Crippen molar-refractivity contribution < 1.29 is 40.9 Å². The molecule has 0 spiro atoms. The quantitative estimate of drug-likeness (QED) is 0.207. The first-order valence-electron chi connectivity index (χ1n) is 4.70. The molecule has 0 radical (unpaired) electrons. The molecule has 0 fully saturated rings.